The monoisotopic (exact) mass is 540 g/mol. The van der Waals surface area contributed by atoms with Gasteiger partial charge in [0.2, 0.25) is 11.8 Å². The van der Waals surface area contributed by atoms with Crippen molar-refractivity contribution < 1.29 is 14.3 Å². The number of hydrogen-bond donors (Lipinski definition) is 1. The van der Waals surface area contributed by atoms with Crippen LogP contribution in [0.5, 0.6) is 5.75 Å². The molecule has 0 saturated heterocycles. The van der Waals surface area contributed by atoms with E-state index in [1.165, 1.54) is 0 Å². The highest BCUT2D eigenvalue weighted by molar-refractivity contribution is 6.30. The van der Waals surface area contributed by atoms with Crippen LogP contribution >= 0.6 is 23.2 Å². The molecule has 0 bridgehead atoms. The number of amides is 2. The molecule has 1 unspecified atom stereocenters. The number of hydrogen-bond acceptors (Lipinski definition) is 3. The van der Waals surface area contributed by atoms with E-state index >= 15 is 0 Å². The molecule has 0 saturated carbocycles. The number of nitrogens with zero attached hydrogens (tertiary/aromatic N) is 1. The van der Waals surface area contributed by atoms with E-state index in [-0.39, 0.29) is 24.8 Å². The Morgan fingerprint density at radius 2 is 1.57 bits per heavy atom. The lowest BCUT2D eigenvalue weighted by Crippen LogP contribution is -2.54. The summed E-state index contributed by atoms with van der Waals surface area (Å²) in [6.45, 7) is 6.44. The average Bonchev–Trinajstić information content (AvgIpc) is 2.84. The second kappa shape index (κ2) is 13.5. The van der Waals surface area contributed by atoms with Gasteiger partial charge in [-0.3, -0.25) is 9.59 Å². The molecule has 0 aliphatic carbocycles. The van der Waals surface area contributed by atoms with E-state index in [1.807, 2.05) is 69.3 Å². The lowest BCUT2D eigenvalue weighted by molar-refractivity contribution is -0.142. The summed E-state index contributed by atoms with van der Waals surface area (Å²) in [4.78, 5) is 28.8. The molecule has 2 amide bonds. The van der Waals surface area contributed by atoms with Crippen LogP contribution in [-0.2, 0) is 22.6 Å². The van der Waals surface area contributed by atoms with Gasteiger partial charge in [0.25, 0.3) is 0 Å². The zero-order valence-electron chi connectivity index (χ0n) is 21.5. The summed E-state index contributed by atoms with van der Waals surface area (Å²) in [5, 5.41) is 4.29. The Labute approximate surface area is 229 Å². The van der Waals surface area contributed by atoms with Gasteiger partial charge in [-0.2, -0.15) is 0 Å². The van der Waals surface area contributed by atoms with Crippen molar-refractivity contribution in [1.82, 2.24) is 10.2 Å². The predicted octanol–water partition coefficient (Wildman–Crippen LogP) is 6.71. The van der Waals surface area contributed by atoms with Gasteiger partial charge in [0.15, 0.2) is 0 Å². The summed E-state index contributed by atoms with van der Waals surface area (Å²) in [5.74, 6) is 0.382. The van der Waals surface area contributed by atoms with Gasteiger partial charge in [0.05, 0.1) is 6.61 Å². The Balaban J connectivity index is 1.81. The van der Waals surface area contributed by atoms with Crippen LogP contribution in [0, 0.1) is 0 Å². The highest BCUT2D eigenvalue weighted by atomic mass is 35.5. The zero-order chi connectivity index (χ0) is 26.8. The highest BCUT2D eigenvalue weighted by Crippen LogP contribution is 2.20. The number of rotatable bonds is 11. The first-order valence-corrected chi connectivity index (χ1v) is 13.1. The molecule has 0 spiro atoms. The van der Waals surface area contributed by atoms with Crippen LogP contribution in [0.4, 0.5) is 0 Å². The lowest BCUT2D eigenvalue weighted by atomic mass is 10.00. The summed E-state index contributed by atoms with van der Waals surface area (Å²) in [5.41, 5.74) is 1.40. The van der Waals surface area contributed by atoms with Crippen molar-refractivity contribution in [2.45, 2.75) is 58.2 Å². The number of carbonyl (C=O) groups excluding carboxylic acids is 2. The second-order valence-corrected chi connectivity index (χ2v) is 10.9. The van der Waals surface area contributed by atoms with Crippen molar-refractivity contribution in [3.8, 4) is 5.75 Å². The number of carbonyl (C=O) groups is 2. The lowest BCUT2D eigenvalue weighted by Gasteiger charge is -2.34. The molecular formula is C30H34Cl2N2O3. The van der Waals surface area contributed by atoms with E-state index in [1.54, 1.807) is 35.2 Å². The molecule has 3 rings (SSSR count). The smallest absolute Gasteiger partial charge is 0.243 e. The molecule has 0 fully saturated rings. The maximum Gasteiger partial charge on any atom is 0.243 e. The topological polar surface area (TPSA) is 58.6 Å². The number of benzene rings is 3. The summed E-state index contributed by atoms with van der Waals surface area (Å²) in [7, 11) is 0. The van der Waals surface area contributed by atoms with Crippen molar-refractivity contribution >= 4 is 35.0 Å². The van der Waals surface area contributed by atoms with Crippen LogP contribution in [0.3, 0.4) is 0 Å². The molecule has 0 radical (unpaired) electrons. The maximum atomic E-state index is 13.6. The number of halogens is 2. The predicted molar refractivity (Wildman–Crippen MR) is 150 cm³/mol. The maximum absolute atomic E-state index is 13.6. The first kappa shape index (κ1) is 28.5. The minimum Gasteiger partial charge on any atom is -0.494 e. The summed E-state index contributed by atoms with van der Waals surface area (Å²) in [6.07, 6.45) is 1.14. The fourth-order valence-electron chi connectivity index (χ4n) is 3.93. The molecule has 3 aromatic carbocycles. The molecule has 0 aromatic heterocycles. The van der Waals surface area contributed by atoms with Crippen LogP contribution in [0.25, 0.3) is 0 Å². The van der Waals surface area contributed by atoms with Gasteiger partial charge in [-0.1, -0.05) is 65.7 Å². The fraction of sp³-hybridized carbons (Fsp3) is 0.333. The van der Waals surface area contributed by atoms with Crippen molar-refractivity contribution in [3.63, 3.8) is 0 Å². The number of nitrogens with one attached hydrogen (secondary N) is 1. The Morgan fingerprint density at radius 1 is 0.892 bits per heavy atom. The summed E-state index contributed by atoms with van der Waals surface area (Å²) < 4.78 is 5.77. The van der Waals surface area contributed by atoms with Gasteiger partial charge in [-0.25, -0.2) is 0 Å². The first-order valence-electron chi connectivity index (χ1n) is 12.4. The largest absolute Gasteiger partial charge is 0.494 e. The van der Waals surface area contributed by atoms with E-state index in [2.05, 4.69) is 5.32 Å². The quantitative estimate of drug-likeness (QED) is 0.275. The van der Waals surface area contributed by atoms with Gasteiger partial charge in [0, 0.05) is 35.0 Å². The minimum absolute atomic E-state index is 0.121. The van der Waals surface area contributed by atoms with E-state index in [0.717, 1.165) is 11.1 Å². The fourth-order valence-corrected chi connectivity index (χ4v) is 4.27. The molecule has 1 atom stereocenters. The van der Waals surface area contributed by atoms with Crippen LogP contribution in [-0.4, -0.2) is 34.9 Å². The normalized spacial score (nSPS) is 12.0. The highest BCUT2D eigenvalue weighted by Gasteiger charge is 2.32. The third kappa shape index (κ3) is 9.75. The standard InChI is InChI=1S/C30H34Cl2N2O3/c1-30(2,3)33-29(36)27(20-22-9-5-4-6-10-22)34(21-23-11-7-12-25(32)19-23)28(35)13-8-18-37-26-16-14-24(31)15-17-26/h4-7,9-12,14-17,19,27H,8,13,18,20-21H2,1-3H3,(H,33,36). The van der Waals surface area contributed by atoms with Crippen LogP contribution in [0.15, 0.2) is 78.9 Å². The molecular weight excluding hydrogens is 507 g/mol. The Bertz CT molecular complexity index is 1160. The summed E-state index contributed by atoms with van der Waals surface area (Å²) >= 11 is 12.2. The van der Waals surface area contributed by atoms with E-state index in [4.69, 9.17) is 27.9 Å². The van der Waals surface area contributed by atoms with Crippen molar-refractivity contribution in [1.29, 1.82) is 0 Å². The minimum atomic E-state index is -0.690. The second-order valence-electron chi connectivity index (χ2n) is 10.0. The van der Waals surface area contributed by atoms with Crippen LogP contribution in [0.2, 0.25) is 10.0 Å². The molecule has 1 N–H and O–H groups in total. The molecule has 0 aliphatic rings. The van der Waals surface area contributed by atoms with E-state index in [0.29, 0.717) is 35.2 Å². The average molecular weight is 542 g/mol. The third-order valence-electron chi connectivity index (χ3n) is 5.63. The molecule has 3 aromatic rings. The third-order valence-corrected chi connectivity index (χ3v) is 6.12. The summed E-state index contributed by atoms with van der Waals surface area (Å²) in [6, 6.07) is 23.5. The van der Waals surface area contributed by atoms with Crippen LogP contribution in [0.1, 0.15) is 44.7 Å². The van der Waals surface area contributed by atoms with Gasteiger partial charge in [-0.05, 0) is 74.7 Å². The van der Waals surface area contributed by atoms with E-state index in [9.17, 15) is 9.59 Å². The van der Waals surface area contributed by atoms with Crippen molar-refractivity contribution in [2.75, 3.05) is 6.61 Å². The molecule has 7 heteroatoms. The molecule has 196 valence electrons. The van der Waals surface area contributed by atoms with Gasteiger partial charge >= 0.3 is 0 Å². The molecule has 5 nitrogen and oxygen atoms in total. The van der Waals surface area contributed by atoms with Crippen LogP contribution < -0.4 is 10.1 Å². The first-order chi connectivity index (χ1) is 17.6. The van der Waals surface area contributed by atoms with Gasteiger partial charge in [0.1, 0.15) is 11.8 Å². The Morgan fingerprint density at radius 3 is 2.22 bits per heavy atom. The molecule has 0 aliphatic heterocycles. The Hall–Kier alpha value is -3.02. The molecule has 0 heterocycles. The van der Waals surface area contributed by atoms with Gasteiger partial charge < -0.3 is 15.0 Å². The Kier molecular flexibility index (Phi) is 10.4. The van der Waals surface area contributed by atoms with E-state index < -0.39 is 11.6 Å². The van der Waals surface area contributed by atoms with Crippen molar-refractivity contribution in [3.05, 3.63) is 100 Å². The van der Waals surface area contributed by atoms with Gasteiger partial charge in [-0.15, -0.1) is 0 Å². The number of ether oxygens (including phenoxy) is 1. The van der Waals surface area contributed by atoms with Crippen molar-refractivity contribution in [2.24, 2.45) is 0 Å². The zero-order valence-corrected chi connectivity index (χ0v) is 23.1. The SMILES string of the molecule is CC(C)(C)NC(=O)C(Cc1ccccc1)N(Cc1cccc(Cl)c1)C(=O)CCCOc1ccc(Cl)cc1. The molecule has 37 heavy (non-hydrogen) atoms.